The number of aliphatic hydroxyl groups is 1. The molecule has 6 heteroatoms. The Morgan fingerprint density at radius 1 is 1.60 bits per heavy atom. The van der Waals surface area contributed by atoms with E-state index in [-0.39, 0.29) is 6.61 Å². The molecule has 0 radical (unpaired) electrons. The van der Waals surface area contributed by atoms with Gasteiger partial charge in [0.15, 0.2) is 5.58 Å². The van der Waals surface area contributed by atoms with E-state index in [1.807, 2.05) is 0 Å². The number of halogens is 1. The van der Waals surface area contributed by atoms with Gasteiger partial charge in [0, 0.05) is 10.6 Å². The van der Waals surface area contributed by atoms with Crippen LogP contribution in [0.2, 0.25) is 5.02 Å². The lowest BCUT2D eigenvalue weighted by atomic mass is 10.1. The fourth-order valence-corrected chi connectivity index (χ4v) is 1.65. The molecule has 2 rings (SSSR count). The van der Waals surface area contributed by atoms with Crippen LogP contribution in [0.1, 0.15) is 11.6 Å². The molecule has 1 aromatic heterocycles. The predicted molar refractivity (Wildman–Crippen MR) is 55.9 cm³/mol. The number of fused-ring (bicyclic) bond motifs is 1. The molecule has 15 heavy (non-hydrogen) atoms. The van der Waals surface area contributed by atoms with Crippen LogP contribution in [-0.2, 0) is 0 Å². The topological polar surface area (TPSA) is 92.2 Å². The number of H-pyrrole nitrogens is 1. The molecule has 80 valence electrons. The van der Waals surface area contributed by atoms with Crippen molar-refractivity contribution >= 4 is 22.7 Å². The van der Waals surface area contributed by atoms with Crippen molar-refractivity contribution in [1.82, 2.24) is 4.98 Å². The van der Waals surface area contributed by atoms with Crippen molar-refractivity contribution in [2.24, 2.45) is 5.73 Å². The second-order valence-electron chi connectivity index (χ2n) is 3.18. The van der Waals surface area contributed by atoms with E-state index in [0.29, 0.717) is 21.7 Å². The van der Waals surface area contributed by atoms with E-state index < -0.39 is 11.8 Å². The number of hydrogen-bond donors (Lipinski definition) is 3. The van der Waals surface area contributed by atoms with Crippen LogP contribution >= 0.6 is 11.6 Å². The molecular weight excluding hydrogens is 220 g/mol. The van der Waals surface area contributed by atoms with Crippen molar-refractivity contribution in [3.63, 3.8) is 0 Å². The molecule has 1 unspecified atom stereocenters. The highest BCUT2D eigenvalue weighted by atomic mass is 35.5. The fraction of sp³-hybridized carbons (Fsp3) is 0.222. The number of aliphatic hydroxyl groups excluding tert-OH is 1. The molecule has 1 atom stereocenters. The molecule has 0 amide bonds. The Hall–Kier alpha value is -1.30. The number of hydrogen-bond acceptors (Lipinski definition) is 4. The minimum atomic E-state index is -0.620. The largest absolute Gasteiger partial charge is 0.417 e. The molecule has 0 aliphatic rings. The maximum atomic E-state index is 11.0. The maximum absolute atomic E-state index is 11.0. The van der Waals surface area contributed by atoms with Gasteiger partial charge in [-0.15, -0.1) is 0 Å². The second-order valence-corrected chi connectivity index (χ2v) is 3.61. The Bertz CT molecular complexity index is 546. The van der Waals surface area contributed by atoms with Gasteiger partial charge in [0.1, 0.15) is 0 Å². The van der Waals surface area contributed by atoms with Crippen LogP contribution in [0.3, 0.4) is 0 Å². The summed E-state index contributed by atoms with van der Waals surface area (Å²) in [4.78, 5) is 13.5. The van der Waals surface area contributed by atoms with Crippen LogP contribution < -0.4 is 11.5 Å². The summed E-state index contributed by atoms with van der Waals surface area (Å²) in [5.74, 6) is -0.571. The highest BCUT2D eigenvalue weighted by molar-refractivity contribution is 6.31. The molecule has 0 spiro atoms. The zero-order valence-electron chi connectivity index (χ0n) is 7.66. The lowest BCUT2D eigenvalue weighted by Gasteiger charge is -2.08. The minimum Gasteiger partial charge on any atom is -0.407 e. The summed E-state index contributed by atoms with van der Waals surface area (Å²) < 4.78 is 4.92. The SMILES string of the molecule is NC(CO)c1cc(Cl)cc2[nH]c(=O)oc12. The Balaban J connectivity index is 2.75. The third kappa shape index (κ3) is 1.77. The number of rotatable bonds is 2. The van der Waals surface area contributed by atoms with Gasteiger partial charge in [0.2, 0.25) is 0 Å². The van der Waals surface area contributed by atoms with Gasteiger partial charge in [0.25, 0.3) is 0 Å². The van der Waals surface area contributed by atoms with Crippen molar-refractivity contribution in [2.75, 3.05) is 6.61 Å². The van der Waals surface area contributed by atoms with Crippen molar-refractivity contribution in [3.8, 4) is 0 Å². The van der Waals surface area contributed by atoms with Gasteiger partial charge in [-0.05, 0) is 12.1 Å². The van der Waals surface area contributed by atoms with Crippen LogP contribution in [-0.4, -0.2) is 16.7 Å². The van der Waals surface area contributed by atoms with Crippen molar-refractivity contribution in [3.05, 3.63) is 33.3 Å². The van der Waals surface area contributed by atoms with Gasteiger partial charge in [-0.25, -0.2) is 4.79 Å². The molecule has 1 heterocycles. The molecule has 0 fully saturated rings. The number of aromatic amines is 1. The molecule has 0 aliphatic carbocycles. The Morgan fingerprint density at radius 3 is 3.00 bits per heavy atom. The van der Waals surface area contributed by atoms with Crippen LogP contribution in [0, 0.1) is 0 Å². The molecule has 0 aliphatic heterocycles. The standard InChI is InChI=1S/C9H9ClN2O3/c10-4-1-5(6(11)3-13)8-7(2-4)12-9(14)15-8/h1-2,6,13H,3,11H2,(H,12,14). The van der Waals surface area contributed by atoms with Gasteiger partial charge in [0.05, 0.1) is 18.2 Å². The zero-order valence-corrected chi connectivity index (χ0v) is 8.41. The Kier molecular flexibility index (Phi) is 2.52. The van der Waals surface area contributed by atoms with Crippen molar-refractivity contribution in [2.45, 2.75) is 6.04 Å². The van der Waals surface area contributed by atoms with Crippen LogP contribution in [0.25, 0.3) is 11.1 Å². The average Bonchev–Trinajstić information content (AvgIpc) is 2.55. The van der Waals surface area contributed by atoms with E-state index >= 15 is 0 Å². The van der Waals surface area contributed by atoms with E-state index in [1.54, 1.807) is 12.1 Å². The first kappa shape index (κ1) is 10.2. The summed E-state index contributed by atoms with van der Waals surface area (Å²) in [6.07, 6.45) is 0. The number of oxazole rings is 1. The van der Waals surface area contributed by atoms with E-state index in [9.17, 15) is 4.79 Å². The molecule has 5 nitrogen and oxygen atoms in total. The number of nitrogens with one attached hydrogen (secondary N) is 1. The van der Waals surface area contributed by atoms with Gasteiger partial charge < -0.3 is 15.3 Å². The van der Waals surface area contributed by atoms with E-state index in [4.69, 9.17) is 26.9 Å². The van der Waals surface area contributed by atoms with Crippen LogP contribution in [0.4, 0.5) is 0 Å². The van der Waals surface area contributed by atoms with Crippen LogP contribution in [0.15, 0.2) is 21.3 Å². The smallest absolute Gasteiger partial charge is 0.407 e. The first-order valence-electron chi connectivity index (χ1n) is 4.30. The lowest BCUT2D eigenvalue weighted by molar-refractivity contribution is 0.268. The summed E-state index contributed by atoms with van der Waals surface area (Å²) in [6, 6.07) is 2.52. The Morgan fingerprint density at radius 2 is 2.33 bits per heavy atom. The van der Waals surface area contributed by atoms with E-state index in [1.165, 1.54) is 0 Å². The summed E-state index contributed by atoms with van der Waals surface area (Å²) in [5.41, 5.74) is 6.98. The van der Waals surface area contributed by atoms with Gasteiger partial charge in [-0.1, -0.05) is 11.6 Å². The molecular formula is C9H9ClN2O3. The summed E-state index contributed by atoms with van der Waals surface area (Å²) >= 11 is 5.83. The van der Waals surface area contributed by atoms with Gasteiger partial charge >= 0.3 is 5.76 Å². The predicted octanol–water partition coefficient (Wildman–Crippen LogP) is 0.767. The quantitative estimate of drug-likeness (QED) is 0.708. The molecule has 2 aromatic rings. The third-order valence-corrected chi connectivity index (χ3v) is 2.33. The number of nitrogens with two attached hydrogens (primary N) is 1. The minimum absolute atomic E-state index is 0.246. The van der Waals surface area contributed by atoms with Crippen molar-refractivity contribution < 1.29 is 9.52 Å². The number of aromatic nitrogens is 1. The highest BCUT2D eigenvalue weighted by Crippen LogP contribution is 2.25. The molecule has 0 saturated carbocycles. The molecule has 4 N–H and O–H groups in total. The molecule has 0 bridgehead atoms. The van der Waals surface area contributed by atoms with Crippen LogP contribution in [0.5, 0.6) is 0 Å². The monoisotopic (exact) mass is 228 g/mol. The first-order valence-corrected chi connectivity index (χ1v) is 4.68. The summed E-state index contributed by atoms with van der Waals surface area (Å²) in [5, 5.41) is 9.38. The normalized spacial score (nSPS) is 13.3. The molecule has 0 saturated heterocycles. The van der Waals surface area contributed by atoms with E-state index in [0.717, 1.165) is 0 Å². The second kappa shape index (κ2) is 3.69. The van der Waals surface area contributed by atoms with E-state index in [2.05, 4.69) is 4.98 Å². The Labute approximate surface area is 89.5 Å². The summed E-state index contributed by atoms with van der Waals surface area (Å²) in [6.45, 7) is -0.246. The zero-order chi connectivity index (χ0) is 11.0. The molecule has 1 aromatic carbocycles. The third-order valence-electron chi connectivity index (χ3n) is 2.11. The maximum Gasteiger partial charge on any atom is 0.417 e. The van der Waals surface area contributed by atoms with Gasteiger partial charge in [-0.3, -0.25) is 4.98 Å². The summed E-state index contributed by atoms with van der Waals surface area (Å²) in [7, 11) is 0. The fourth-order valence-electron chi connectivity index (χ4n) is 1.42. The lowest BCUT2D eigenvalue weighted by Crippen LogP contribution is -2.14. The highest BCUT2D eigenvalue weighted by Gasteiger charge is 2.14. The van der Waals surface area contributed by atoms with Crippen molar-refractivity contribution in [1.29, 1.82) is 0 Å². The average molecular weight is 229 g/mol. The number of benzene rings is 1. The first-order chi connectivity index (χ1) is 7.11. The van der Waals surface area contributed by atoms with Gasteiger partial charge in [-0.2, -0.15) is 0 Å².